The maximum absolute atomic E-state index is 12.2. The van der Waals surface area contributed by atoms with Crippen molar-refractivity contribution in [2.45, 2.75) is 90.3 Å². The molecule has 5 heteroatoms. The largest absolute Gasteiger partial charge is 0.389 e. The van der Waals surface area contributed by atoms with Crippen molar-refractivity contribution in [3.05, 3.63) is 0 Å². The highest BCUT2D eigenvalue weighted by atomic mass is 16.7. The zero-order chi connectivity index (χ0) is 17.1. The van der Waals surface area contributed by atoms with E-state index in [1.165, 1.54) is 32.1 Å². The molecule has 23 heavy (non-hydrogen) atoms. The number of hydrogen-bond donors (Lipinski definition) is 0. The van der Waals surface area contributed by atoms with Gasteiger partial charge in [0.05, 0.1) is 0 Å². The number of carbonyl (C=O) groups is 2. The fraction of sp³-hybridized carbons (Fsp3) is 0.889. The molecule has 0 aromatic heterocycles. The van der Waals surface area contributed by atoms with Gasteiger partial charge in [-0.25, -0.2) is 9.59 Å². The maximum atomic E-state index is 12.2. The Labute approximate surface area is 140 Å². The van der Waals surface area contributed by atoms with Gasteiger partial charge in [0.1, 0.15) is 0 Å². The number of ether oxygens (including phenoxy) is 3. The molecular formula is C18H32O5. The summed E-state index contributed by atoms with van der Waals surface area (Å²) in [6.07, 6.45) is 8.91. The molecular weight excluding hydrogens is 296 g/mol. The van der Waals surface area contributed by atoms with Crippen molar-refractivity contribution in [1.82, 2.24) is 0 Å². The first-order chi connectivity index (χ1) is 11.1. The minimum absolute atomic E-state index is 0.347. The van der Waals surface area contributed by atoms with Gasteiger partial charge in [-0.2, -0.15) is 0 Å². The van der Waals surface area contributed by atoms with Gasteiger partial charge >= 0.3 is 11.9 Å². The molecule has 1 heterocycles. The Morgan fingerprint density at radius 3 is 2.09 bits per heavy atom. The molecule has 2 unspecified atom stereocenters. The molecule has 0 aliphatic carbocycles. The van der Waals surface area contributed by atoms with Crippen LogP contribution < -0.4 is 0 Å². The van der Waals surface area contributed by atoms with Gasteiger partial charge in [0.15, 0.2) is 6.10 Å². The van der Waals surface area contributed by atoms with E-state index in [4.69, 9.17) is 14.2 Å². The lowest BCUT2D eigenvalue weighted by atomic mass is 9.91. The van der Waals surface area contributed by atoms with Crippen LogP contribution >= 0.6 is 0 Å². The van der Waals surface area contributed by atoms with Crippen LogP contribution in [0.4, 0.5) is 0 Å². The summed E-state index contributed by atoms with van der Waals surface area (Å²) in [6.45, 7) is 6.52. The molecule has 1 aliphatic rings. The zero-order valence-electron chi connectivity index (χ0n) is 14.9. The van der Waals surface area contributed by atoms with E-state index in [0.29, 0.717) is 19.6 Å². The van der Waals surface area contributed by atoms with Crippen LogP contribution in [0.1, 0.15) is 78.6 Å². The molecule has 0 spiro atoms. The summed E-state index contributed by atoms with van der Waals surface area (Å²) in [5, 5.41) is 0. The zero-order valence-corrected chi connectivity index (χ0v) is 14.9. The fourth-order valence-corrected chi connectivity index (χ4v) is 3.12. The van der Waals surface area contributed by atoms with E-state index in [2.05, 4.69) is 6.92 Å². The second-order valence-electron chi connectivity index (χ2n) is 6.09. The molecule has 1 fully saturated rings. The summed E-state index contributed by atoms with van der Waals surface area (Å²) < 4.78 is 15.9. The Bertz CT molecular complexity index is 368. The van der Waals surface area contributed by atoms with Crippen LogP contribution in [0, 0.1) is 0 Å². The number of carbonyl (C=O) groups excluding carboxylic acids is 2. The van der Waals surface area contributed by atoms with Gasteiger partial charge in [-0.3, -0.25) is 0 Å². The lowest BCUT2D eigenvalue weighted by Gasteiger charge is -2.29. The van der Waals surface area contributed by atoms with Gasteiger partial charge in [0.25, 0.3) is 0 Å². The second kappa shape index (κ2) is 10.8. The third-order valence-electron chi connectivity index (χ3n) is 4.31. The molecule has 0 bridgehead atoms. The first-order valence-electron chi connectivity index (χ1n) is 9.14. The van der Waals surface area contributed by atoms with Gasteiger partial charge in [-0.05, 0) is 26.7 Å². The standard InChI is InChI=1S/C18H32O5/c1-4-7-8-9-10-11-12-13-14-18(22-6-3)15(21-5-2)16(19)23-17(18)20/h15H,4-14H2,1-3H3. The number of cyclic esters (lactones) is 2. The third kappa shape index (κ3) is 5.57. The van der Waals surface area contributed by atoms with Crippen molar-refractivity contribution < 1.29 is 23.8 Å². The molecule has 134 valence electrons. The van der Waals surface area contributed by atoms with E-state index in [0.717, 1.165) is 19.3 Å². The normalized spacial score (nSPS) is 24.2. The van der Waals surface area contributed by atoms with Crippen molar-refractivity contribution in [1.29, 1.82) is 0 Å². The summed E-state index contributed by atoms with van der Waals surface area (Å²) >= 11 is 0. The fourth-order valence-electron chi connectivity index (χ4n) is 3.12. The molecule has 0 aromatic carbocycles. The van der Waals surface area contributed by atoms with Gasteiger partial charge in [-0.1, -0.05) is 51.9 Å². The van der Waals surface area contributed by atoms with Crippen LogP contribution in [0.25, 0.3) is 0 Å². The molecule has 1 saturated heterocycles. The Balaban J connectivity index is 2.46. The van der Waals surface area contributed by atoms with Crippen LogP contribution in [0.2, 0.25) is 0 Å². The van der Waals surface area contributed by atoms with E-state index >= 15 is 0 Å². The minimum atomic E-state index is -1.25. The Kier molecular flexibility index (Phi) is 9.41. The van der Waals surface area contributed by atoms with Crippen molar-refractivity contribution in [3.8, 4) is 0 Å². The molecule has 0 N–H and O–H groups in total. The van der Waals surface area contributed by atoms with Gasteiger partial charge in [0, 0.05) is 13.2 Å². The van der Waals surface area contributed by atoms with Crippen molar-refractivity contribution in [2.24, 2.45) is 0 Å². The number of rotatable bonds is 13. The van der Waals surface area contributed by atoms with Gasteiger partial charge in [0.2, 0.25) is 5.60 Å². The second-order valence-corrected chi connectivity index (χ2v) is 6.09. The third-order valence-corrected chi connectivity index (χ3v) is 4.31. The summed E-state index contributed by atoms with van der Waals surface area (Å²) in [5.41, 5.74) is -1.25. The summed E-state index contributed by atoms with van der Waals surface area (Å²) in [4.78, 5) is 24.0. The van der Waals surface area contributed by atoms with E-state index in [1.807, 2.05) is 6.92 Å². The Morgan fingerprint density at radius 2 is 1.52 bits per heavy atom. The first-order valence-corrected chi connectivity index (χ1v) is 9.14. The number of esters is 2. The molecule has 0 saturated carbocycles. The molecule has 5 nitrogen and oxygen atoms in total. The quantitative estimate of drug-likeness (QED) is 0.292. The molecule has 2 atom stereocenters. The first kappa shape index (κ1) is 20.1. The topological polar surface area (TPSA) is 61.8 Å². The highest BCUT2D eigenvalue weighted by Crippen LogP contribution is 2.34. The van der Waals surface area contributed by atoms with Crippen molar-refractivity contribution >= 4 is 11.9 Å². The highest BCUT2D eigenvalue weighted by Gasteiger charge is 2.59. The Morgan fingerprint density at radius 1 is 0.913 bits per heavy atom. The number of unbranched alkanes of at least 4 members (excludes halogenated alkanes) is 7. The highest BCUT2D eigenvalue weighted by molar-refractivity contribution is 6.02. The van der Waals surface area contributed by atoms with Crippen LogP contribution in [-0.2, 0) is 23.8 Å². The van der Waals surface area contributed by atoms with E-state index in [9.17, 15) is 9.59 Å². The average Bonchev–Trinajstić information content (AvgIpc) is 2.75. The molecule has 1 rings (SSSR count). The minimum Gasteiger partial charge on any atom is -0.389 e. The van der Waals surface area contributed by atoms with Crippen LogP contribution in [-0.4, -0.2) is 36.9 Å². The van der Waals surface area contributed by atoms with E-state index < -0.39 is 23.6 Å². The monoisotopic (exact) mass is 328 g/mol. The van der Waals surface area contributed by atoms with Crippen LogP contribution in [0.3, 0.4) is 0 Å². The van der Waals surface area contributed by atoms with Crippen molar-refractivity contribution in [2.75, 3.05) is 13.2 Å². The molecule has 0 radical (unpaired) electrons. The SMILES string of the molecule is CCCCCCCCCCC1(OCC)C(=O)OC(=O)C1OCC. The summed E-state index contributed by atoms with van der Waals surface area (Å²) in [5.74, 6) is -1.21. The predicted octanol–water partition coefficient (Wildman–Crippen LogP) is 3.78. The predicted molar refractivity (Wildman–Crippen MR) is 88.1 cm³/mol. The van der Waals surface area contributed by atoms with Gasteiger partial charge in [-0.15, -0.1) is 0 Å². The van der Waals surface area contributed by atoms with Gasteiger partial charge < -0.3 is 14.2 Å². The Hall–Kier alpha value is -0.940. The van der Waals surface area contributed by atoms with E-state index in [-0.39, 0.29) is 0 Å². The smallest absolute Gasteiger partial charge is 0.349 e. The molecule has 1 aliphatic heterocycles. The summed E-state index contributed by atoms with van der Waals surface area (Å²) in [6, 6.07) is 0. The summed E-state index contributed by atoms with van der Waals surface area (Å²) in [7, 11) is 0. The van der Waals surface area contributed by atoms with Crippen LogP contribution in [0.15, 0.2) is 0 Å². The lowest BCUT2D eigenvalue weighted by Crippen LogP contribution is -2.49. The average molecular weight is 328 g/mol. The molecule has 0 amide bonds. The van der Waals surface area contributed by atoms with E-state index in [1.54, 1.807) is 6.92 Å². The molecule has 0 aromatic rings. The lowest BCUT2D eigenvalue weighted by molar-refractivity contribution is -0.168. The van der Waals surface area contributed by atoms with Crippen LogP contribution in [0.5, 0.6) is 0 Å². The number of hydrogen-bond acceptors (Lipinski definition) is 5. The maximum Gasteiger partial charge on any atom is 0.349 e. The van der Waals surface area contributed by atoms with Crippen molar-refractivity contribution in [3.63, 3.8) is 0 Å².